The summed E-state index contributed by atoms with van der Waals surface area (Å²) in [5.74, 6) is 1.11. The third-order valence-electron chi connectivity index (χ3n) is 8.77. The van der Waals surface area contributed by atoms with E-state index in [0.29, 0.717) is 12.0 Å². The average molecular weight is 536 g/mol. The summed E-state index contributed by atoms with van der Waals surface area (Å²) in [5.41, 5.74) is 1.22. The molecule has 0 bridgehead atoms. The number of amidine groups is 1. The fourth-order valence-corrected chi connectivity index (χ4v) is 5.57. The molecule has 2 aromatic rings. The molecule has 1 atom stereocenters. The van der Waals surface area contributed by atoms with Gasteiger partial charge in [-0.15, -0.1) is 0 Å². The molecule has 0 N–H and O–H groups in total. The van der Waals surface area contributed by atoms with Gasteiger partial charge in [-0.3, -0.25) is 4.74 Å². The van der Waals surface area contributed by atoms with Crippen LogP contribution in [0.15, 0.2) is 48.5 Å². The summed E-state index contributed by atoms with van der Waals surface area (Å²) < 4.78 is 6.92. The summed E-state index contributed by atoms with van der Waals surface area (Å²) in [6.07, 6.45) is 15.2. The maximum Gasteiger partial charge on any atom is 0.316 e. The minimum atomic E-state index is -0.808. The summed E-state index contributed by atoms with van der Waals surface area (Å²) >= 11 is 0. The Bertz CT molecular complexity index is 1030. The third-order valence-corrected chi connectivity index (χ3v) is 8.77. The van der Waals surface area contributed by atoms with Gasteiger partial charge in [0.15, 0.2) is 11.1 Å². The minimum absolute atomic E-state index is 0.221. The lowest BCUT2D eigenvalue weighted by molar-refractivity contribution is -0.546. The van der Waals surface area contributed by atoms with Crippen molar-refractivity contribution in [1.82, 2.24) is 5.06 Å². The first kappa shape index (κ1) is 31.0. The molecule has 1 aliphatic heterocycles. The molecule has 0 aliphatic carbocycles. The molecule has 0 aromatic heterocycles. The van der Waals surface area contributed by atoms with Crippen LogP contribution < -0.4 is 4.74 Å². The maximum atomic E-state index is 13.6. The molecule has 1 aliphatic rings. The van der Waals surface area contributed by atoms with Crippen molar-refractivity contribution in [2.45, 2.75) is 129 Å². The zero-order valence-corrected chi connectivity index (χ0v) is 25.1. The number of hydrogen-bond donors (Lipinski definition) is 0. The molecular formula is C34H51N2O3. The molecule has 0 spiro atoms. The molecule has 0 fully saturated rings. The van der Waals surface area contributed by atoms with Crippen LogP contribution in [0.3, 0.4) is 0 Å². The SMILES string of the molecule is CCCCCCCCOc1ccc(-c2ccc(C3=[N+]([O-])[C@](C)(CCCCCCCC)C(C)(C)N3[O])cc2)cc1. The van der Waals surface area contributed by atoms with E-state index in [1.165, 1.54) is 57.8 Å². The van der Waals surface area contributed by atoms with Gasteiger partial charge in [0.25, 0.3) is 0 Å². The van der Waals surface area contributed by atoms with Crippen molar-refractivity contribution in [1.29, 1.82) is 0 Å². The maximum absolute atomic E-state index is 13.6. The first-order chi connectivity index (χ1) is 18.8. The van der Waals surface area contributed by atoms with Crippen LogP contribution in [0.2, 0.25) is 0 Å². The van der Waals surface area contributed by atoms with Crippen LogP contribution in [0.1, 0.15) is 124 Å². The van der Waals surface area contributed by atoms with Crippen molar-refractivity contribution >= 4 is 5.84 Å². The number of unbranched alkanes of at least 4 members (excludes halogenated alkanes) is 10. The summed E-state index contributed by atoms with van der Waals surface area (Å²) in [7, 11) is 0. The van der Waals surface area contributed by atoms with Gasteiger partial charge in [-0.05, 0) is 75.4 Å². The summed E-state index contributed by atoms with van der Waals surface area (Å²) in [6.45, 7) is 11.0. The van der Waals surface area contributed by atoms with Gasteiger partial charge >= 0.3 is 5.84 Å². The van der Waals surface area contributed by atoms with Crippen molar-refractivity contribution in [3.8, 4) is 16.9 Å². The average Bonchev–Trinajstić information content (AvgIpc) is 3.07. The van der Waals surface area contributed by atoms with Gasteiger partial charge in [0.2, 0.25) is 0 Å². The topological polar surface area (TPSA) is 58.4 Å². The molecule has 215 valence electrons. The van der Waals surface area contributed by atoms with E-state index >= 15 is 0 Å². The van der Waals surface area contributed by atoms with E-state index in [1.54, 1.807) is 0 Å². The van der Waals surface area contributed by atoms with Gasteiger partial charge in [-0.2, -0.15) is 0 Å². The van der Waals surface area contributed by atoms with Gasteiger partial charge in [0.05, 0.1) is 12.2 Å². The van der Waals surface area contributed by atoms with E-state index in [1.807, 2.05) is 57.2 Å². The Kier molecular flexibility index (Phi) is 11.7. The lowest BCUT2D eigenvalue weighted by Crippen LogP contribution is -2.55. The Hall–Kier alpha value is -2.53. The van der Waals surface area contributed by atoms with Gasteiger partial charge in [0.1, 0.15) is 5.75 Å². The summed E-state index contributed by atoms with van der Waals surface area (Å²) in [4.78, 5) is 0. The third kappa shape index (κ3) is 7.57. The van der Waals surface area contributed by atoms with Crippen LogP contribution in [0.4, 0.5) is 0 Å². The van der Waals surface area contributed by atoms with Crippen LogP contribution in [-0.4, -0.2) is 33.3 Å². The Morgan fingerprint density at radius 2 is 1.15 bits per heavy atom. The summed E-state index contributed by atoms with van der Waals surface area (Å²) in [5, 5.41) is 28.0. The predicted octanol–water partition coefficient (Wildman–Crippen LogP) is 9.30. The number of ether oxygens (including phenoxy) is 1. The smallest absolute Gasteiger partial charge is 0.316 e. The van der Waals surface area contributed by atoms with E-state index < -0.39 is 11.1 Å². The van der Waals surface area contributed by atoms with Crippen molar-refractivity contribution in [3.05, 3.63) is 59.3 Å². The fraction of sp³-hybridized carbons (Fsp3) is 0.618. The highest BCUT2D eigenvalue weighted by molar-refractivity contribution is 5.96. The second-order valence-corrected chi connectivity index (χ2v) is 12.0. The second kappa shape index (κ2) is 14.7. The number of nitrogens with zero attached hydrogens (tertiary/aromatic N) is 2. The summed E-state index contributed by atoms with van der Waals surface area (Å²) in [6, 6.07) is 15.9. The highest BCUT2D eigenvalue weighted by Crippen LogP contribution is 2.41. The Morgan fingerprint density at radius 1 is 0.692 bits per heavy atom. The first-order valence-electron chi connectivity index (χ1n) is 15.4. The van der Waals surface area contributed by atoms with Crippen molar-refractivity contribution in [3.63, 3.8) is 0 Å². The molecule has 1 radical (unpaired) electrons. The largest absolute Gasteiger partial charge is 0.714 e. The molecule has 0 saturated heterocycles. The molecule has 3 rings (SSSR count). The first-order valence-corrected chi connectivity index (χ1v) is 15.4. The predicted molar refractivity (Wildman–Crippen MR) is 161 cm³/mol. The minimum Gasteiger partial charge on any atom is -0.714 e. The van der Waals surface area contributed by atoms with Gasteiger partial charge in [-0.1, -0.05) is 107 Å². The lowest BCUT2D eigenvalue weighted by Gasteiger charge is -2.36. The van der Waals surface area contributed by atoms with Gasteiger partial charge in [0, 0.05) is 5.21 Å². The van der Waals surface area contributed by atoms with E-state index in [0.717, 1.165) is 52.5 Å². The molecule has 5 nitrogen and oxygen atoms in total. The standard InChI is InChI=1S/C34H51N2O3/c1-6-8-10-12-14-16-26-34(5)33(3,4)35(37)32(36(34)38)30-20-18-28(19-21-30)29-22-24-31(25-23-29)39-27-17-15-13-11-9-7-2/h18-25H,6-17,26-27H2,1-5H3/t34-/m1/s1. The van der Waals surface area contributed by atoms with E-state index in [9.17, 15) is 10.4 Å². The van der Waals surface area contributed by atoms with Crippen LogP contribution in [0.5, 0.6) is 5.75 Å². The van der Waals surface area contributed by atoms with Crippen LogP contribution in [0, 0.1) is 5.21 Å². The Labute approximate surface area is 237 Å². The molecule has 0 amide bonds. The highest BCUT2D eigenvalue weighted by atomic mass is 16.5. The van der Waals surface area contributed by atoms with Crippen molar-refractivity contribution in [2.24, 2.45) is 0 Å². The van der Waals surface area contributed by atoms with Crippen LogP contribution in [-0.2, 0) is 5.21 Å². The quantitative estimate of drug-likeness (QED) is 0.115. The van der Waals surface area contributed by atoms with Crippen molar-refractivity contribution in [2.75, 3.05) is 6.61 Å². The molecule has 2 aromatic carbocycles. The highest BCUT2D eigenvalue weighted by Gasteiger charge is 2.61. The normalized spacial score (nSPS) is 18.7. The number of hydroxylamine groups is 3. The molecule has 1 heterocycles. The van der Waals surface area contributed by atoms with Crippen LogP contribution in [0.25, 0.3) is 11.1 Å². The van der Waals surface area contributed by atoms with Gasteiger partial charge < -0.3 is 9.94 Å². The van der Waals surface area contributed by atoms with E-state index in [-0.39, 0.29) is 5.84 Å². The zero-order chi connectivity index (χ0) is 28.3. The van der Waals surface area contributed by atoms with E-state index in [2.05, 4.69) is 26.0 Å². The second-order valence-electron chi connectivity index (χ2n) is 12.0. The number of hydrogen-bond acceptors (Lipinski definition) is 3. The lowest BCUT2D eigenvalue weighted by atomic mass is 9.78. The van der Waals surface area contributed by atoms with Crippen LogP contribution >= 0.6 is 0 Å². The molecule has 39 heavy (non-hydrogen) atoms. The Balaban J connectivity index is 1.62. The monoisotopic (exact) mass is 535 g/mol. The molecule has 0 unspecified atom stereocenters. The Morgan fingerprint density at radius 3 is 1.72 bits per heavy atom. The van der Waals surface area contributed by atoms with E-state index in [4.69, 9.17) is 4.74 Å². The van der Waals surface area contributed by atoms with Crippen molar-refractivity contribution < 1.29 is 14.7 Å². The number of benzene rings is 2. The molecule has 5 heteroatoms. The molecule has 0 saturated carbocycles. The molecular weight excluding hydrogens is 484 g/mol. The van der Waals surface area contributed by atoms with Gasteiger partial charge in [-0.25, -0.2) is 0 Å². The zero-order valence-electron chi connectivity index (χ0n) is 25.1. The fourth-order valence-electron chi connectivity index (χ4n) is 5.57. The number of rotatable bonds is 17.